The molecule has 196 valence electrons. The Hall–Kier alpha value is -2.38. The summed E-state index contributed by atoms with van der Waals surface area (Å²) in [5.41, 5.74) is 2.09. The summed E-state index contributed by atoms with van der Waals surface area (Å²) in [6.45, 7) is 12.5. The summed E-state index contributed by atoms with van der Waals surface area (Å²) in [5, 5.41) is 4.87. The highest BCUT2D eigenvalue weighted by Gasteiger charge is 2.24. The van der Waals surface area contributed by atoms with E-state index in [1.54, 1.807) is 7.11 Å². The Balaban J connectivity index is 1.40. The van der Waals surface area contributed by atoms with E-state index >= 15 is 0 Å². The molecular weight excluding hydrogens is 448 g/mol. The van der Waals surface area contributed by atoms with E-state index in [9.17, 15) is 0 Å². The van der Waals surface area contributed by atoms with Crippen LogP contribution in [0.25, 0.3) is 17.0 Å². The van der Waals surface area contributed by atoms with E-state index in [4.69, 9.17) is 14.7 Å². The number of nitrogens with one attached hydrogen (secondary N) is 1. The lowest BCUT2D eigenvalue weighted by Crippen LogP contribution is -2.42. The maximum Gasteiger partial charge on any atom is 0.227 e. The van der Waals surface area contributed by atoms with Crippen LogP contribution in [0, 0.1) is 0 Å². The summed E-state index contributed by atoms with van der Waals surface area (Å²) in [6.07, 6.45) is 12.9. The predicted octanol–water partition coefficient (Wildman–Crippen LogP) is 5.02. The SMILES string of the molecule is COc1cc2c(NC3CCN(C(C)C)CC3)nc(N3CCCC3)nc2cc1C=CCCN1CCCC1. The lowest BCUT2D eigenvalue weighted by molar-refractivity contribution is 0.177. The van der Waals surface area contributed by atoms with Gasteiger partial charge in [0.1, 0.15) is 11.6 Å². The molecule has 5 rings (SSSR count). The molecule has 7 heteroatoms. The zero-order valence-electron chi connectivity index (χ0n) is 22.5. The monoisotopic (exact) mass is 492 g/mol. The van der Waals surface area contributed by atoms with Gasteiger partial charge in [-0.2, -0.15) is 4.98 Å². The van der Waals surface area contributed by atoms with Crippen molar-refractivity contribution in [2.24, 2.45) is 0 Å². The van der Waals surface area contributed by atoms with Crippen LogP contribution < -0.4 is 15.0 Å². The van der Waals surface area contributed by atoms with E-state index in [0.717, 1.165) is 86.0 Å². The molecule has 0 atom stereocenters. The third-order valence-electron chi connectivity index (χ3n) is 8.13. The molecule has 3 aliphatic heterocycles. The average molecular weight is 493 g/mol. The van der Waals surface area contributed by atoms with E-state index in [0.29, 0.717) is 12.1 Å². The van der Waals surface area contributed by atoms with Gasteiger partial charge < -0.3 is 24.8 Å². The molecule has 3 saturated heterocycles. The maximum atomic E-state index is 5.84. The van der Waals surface area contributed by atoms with Crippen molar-refractivity contribution in [3.63, 3.8) is 0 Å². The molecule has 2 aromatic rings. The number of likely N-dealkylation sites (tertiary alicyclic amines) is 2. The lowest BCUT2D eigenvalue weighted by atomic mass is 10.0. The molecule has 1 aromatic carbocycles. The summed E-state index contributed by atoms with van der Waals surface area (Å²) >= 11 is 0. The second kappa shape index (κ2) is 11.8. The third-order valence-corrected chi connectivity index (χ3v) is 8.13. The maximum absolute atomic E-state index is 5.84. The number of ether oxygens (including phenoxy) is 1. The van der Waals surface area contributed by atoms with Gasteiger partial charge in [0, 0.05) is 55.8 Å². The number of piperidine rings is 1. The number of nitrogens with zero attached hydrogens (tertiary/aromatic N) is 5. The molecule has 7 nitrogen and oxygen atoms in total. The third kappa shape index (κ3) is 5.94. The fourth-order valence-corrected chi connectivity index (χ4v) is 5.86. The first kappa shape index (κ1) is 25.3. The van der Waals surface area contributed by atoms with E-state index in [1.165, 1.54) is 38.8 Å². The van der Waals surface area contributed by atoms with Gasteiger partial charge in [0.2, 0.25) is 5.95 Å². The molecule has 0 bridgehead atoms. The second-order valence-electron chi connectivity index (χ2n) is 11.0. The molecule has 0 spiro atoms. The number of rotatable bonds is 9. The topological polar surface area (TPSA) is 56.8 Å². The minimum atomic E-state index is 0.431. The van der Waals surface area contributed by atoms with Gasteiger partial charge in [-0.05, 0) is 84.0 Å². The summed E-state index contributed by atoms with van der Waals surface area (Å²) < 4.78 is 5.84. The molecule has 3 aliphatic rings. The highest BCUT2D eigenvalue weighted by molar-refractivity contribution is 5.93. The van der Waals surface area contributed by atoms with Crippen molar-refractivity contribution >= 4 is 28.7 Å². The molecule has 0 unspecified atom stereocenters. The summed E-state index contributed by atoms with van der Waals surface area (Å²) in [6, 6.07) is 5.36. The highest BCUT2D eigenvalue weighted by Crippen LogP contribution is 2.33. The van der Waals surface area contributed by atoms with Gasteiger partial charge in [-0.15, -0.1) is 0 Å². The normalized spacial score (nSPS) is 20.4. The van der Waals surface area contributed by atoms with Gasteiger partial charge in [0.15, 0.2) is 0 Å². The van der Waals surface area contributed by atoms with Gasteiger partial charge in [-0.1, -0.05) is 12.2 Å². The van der Waals surface area contributed by atoms with Crippen molar-refractivity contribution < 1.29 is 4.74 Å². The molecule has 0 saturated carbocycles. The number of fused-ring (bicyclic) bond motifs is 1. The molecule has 0 amide bonds. The van der Waals surface area contributed by atoms with Crippen LogP contribution >= 0.6 is 0 Å². The largest absolute Gasteiger partial charge is 0.496 e. The number of hydrogen-bond acceptors (Lipinski definition) is 7. The molecule has 0 aliphatic carbocycles. The van der Waals surface area contributed by atoms with Crippen LogP contribution in [-0.2, 0) is 0 Å². The van der Waals surface area contributed by atoms with E-state index in [2.05, 4.69) is 58.1 Å². The number of hydrogen-bond donors (Lipinski definition) is 1. The fourth-order valence-electron chi connectivity index (χ4n) is 5.86. The van der Waals surface area contributed by atoms with Crippen LogP contribution in [0.2, 0.25) is 0 Å². The van der Waals surface area contributed by atoms with Crippen LogP contribution in [0.15, 0.2) is 18.2 Å². The Labute approximate surface area is 216 Å². The van der Waals surface area contributed by atoms with Gasteiger partial charge in [-0.25, -0.2) is 4.98 Å². The van der Waals surface area contributed by atoms with Crippen LogP contribution in [0.4, 0.5) is 11.8 Å². The quantitative estimate of drug-likeness (QED) is 0.527. The Kier molecular flexibility index (Phi) is 8.27. The van der Waals surface area contributed by atoms with Crippen molar-refractivity contribution in [2.45, 2.75) is 70.9 Å². The smallest absolute Gasteiger partial charge is 0.227 e. The van der Waals surface area contributed by atoms with E-state index in [1.807, 2.05) is 0 Å². The van der Waals surface area contributed by atoms with Gasteiger partial charge in [-0.3, -0.25) is 0 Å². The molecule has 4 heterocycles. The van der Waals surface area contributed by atoms with Crippen molar-refractivity contribution in [1.82, 2.24) is 19.8 Å². The van der Waals surface area contributed by atoms with Crippen molar-refractivity contribution in [2.75, 3.05) is 63.1 Å². The van der Waals surface area contributed by atoms with Gasteiger partial charge in [0.25, 0.3) is 0 Å². The molecular formula is C29H44N6O. The first-order valence-electron chi connectivity index (χ1n) is 14.1. The molecule has 1 N–H and O–H groups in total. The zero-order chi connectivity index (χ0) is 24.9. The molecule has 36 heavy (non-hydrogen) atoms. The Bertz CT molecular complexity index is 1030. The number of aromatic nitrogens is 2. The summed E-state index contributed by atoms with van der Waals surface area (Å²) in [5.74, 6) is 2.69. The lowest BCUT2D eigenvalue weighted by Gasteiger charge is -2.35. The second-order valence-corrected chi connectivity index (χ2v) is 11.0. The first-order chi connectivity index (χ1) is 17.6. The number of benzene rings is 1. The average Bonchev–Trinajstić information content (AvgIpc) is 3.61. The summed E-state index contributed by atoms with van der Waals surface area (Å²) in [4.78, 5) is 17.6. The standard InChI is InChI=1S/C29H44N6O/c1-22(2)34-18-11-24(12-19-34)30-28-25-21-27(36-3)23(10-4-5-13-33-14-6-7-15-33)20-26(25)31-29(32-28)35-16-8-9-17-35/h4,10,20-22,24H,5-9,11-19H2,1-3H3,(H,30,31,32). The van der Waals surface area contributed by atoms with Crippen LogP contribution in [0.1, 0.15) is 64.4 Å². The summed E-state index contributed by atoms with van der Waals surface area (Å²) in [7, 11) is 1.76. The van der Waals surface area contributed by atoms with Crippen molar-refractivity contribution in [3.05, 3.63) is 23.8 Å². The van der Waals surface area contributed by atoms with Crippen molar-refractivity contribution in [3.8, 4) is 5.75 Å². The molecule has 1 aromatic heterocycles. The minimum absolute atomic E-state index is 0.431. The highest BCUT2D eigenvalue weighted by atomic mass is 16.5. The van der Waals surface area contributed by atoms with Gasteiger partial charge >= 0.3 is 0 Å². The van der Waals surface area contributed by atoms with Crippen LogP contribution in [-0.4, -0.2) is 84.8 Å². The number of anilines is 2. The van der Waals surface area contributed by atoms with Gasteiger partial charge in [0.05, 0.1) is 12.6 Å². The van der Waals surface area contributed by atoms with E-state index in [-0.39, 0.29) is 0 Å². The Morgan fingerprint density at radius 3 is 2.42 bits per heavy atom. The molecule has 0 radical (unpaired) electrons. The van der Waals surface area contributed by atoms with E-state index < -0.39 is 0 Å². The van der Waals surface area contributed by atoms with Crippen molar-refractivity contribution in [1.29, 1.82) is 0 Å². The Morgan fingerprint density at radius 1 is 1.00 bits per heavy atom. The predicted molar refractivity (Wildman–Crippen MR) is 150 cm³/mol. The first-order valence-corrected chi connectivity index (χ1v) is 14.1. The van der Waals surface area contributed by atoms with Crippen LogP contribution in [0.5, 0.6) is 5.75 Å². The van der Waals surface area contributed by atoms with Crippen LogP contribution in [0.3, 0.4) is 0 Å². The number of methoxy groups -OCH3 is 1. The Morgan fingerprint density at radius 2 is 1.72 bits per heavy atom. The minimum Gasteiger partial charge on any atom is -0.496 e. The molecule has 3 fully saturated rings. The fraction of sp³-hybridized carbons (Fsp3) is 0.655. The zero-order valence-corrected chi connectivity index (χ0v) is 22.5.